The van der Waals surface area contributed by atoms with Crippen LogP contribution in [0.5, 0.6) is 0 Å². The fraction of sp³-hybridized carbons (Fsp3) is 0.571. The molecule has 1 saturated heterocycles. The average molecular weight is 400 g/mol. The first-order chi connectivity index (χ1) is 12.5. The molecule has 3 heterocycles. The third-order valence-electron chi connectivity index (χ3n) is 3.73. The Kier molecular flexibility index (Phi) is 6.49. The Morgan fingerprint density at radius 3 is 3.08 bits per heavy atom. The van der Waals surface area contributed by atoms with Gasteiger partial charge in [0, 0.05) is 17.2 Å². The van der Waals surface area contributed by atoms with Gasteiger partial charge in [0.05, 0.1) is 12.4 Å². The lowest BCUT2D eigenvalue weighted by Crippen LogP contribution is -2.15. The third-order valence-corrected chi connectivity index (χ3v) is 5.26. The molecular weight excluding hydrogens is 381 g/mol. The van der Waals surface area contributed by atoms with Crippen LogP contribution in [0, 0.1) is 0 Å². The largest absolute Gasteiger partial charge is 0.697 e. The monoisotopic (exact) mass is 400 g/mol. The van der Waals surface area contributed by atoms with E-state index in [2.05, 4.69) is 15.0 Å². The summed E-state index contributed by atoms with van der Waals surface area (Å²) in [6, 6.07) is 0. The summed E-state index contributed by atoms with van der Waals surface area (Å²) in [5, 5.41) is -0.00537. The van der Waals surface area contributed by atoms with E-state index in [4.69, 9.17) is 19.5 Å². The van der Waals surface area contributed by atoms with Gasteiger partial charge >= 0.3 is 8.25 Å². The van der Waals surface area contributed by atoms with Crippen LogP contribution >= 0.6 is 20.0 Å². The second-order valence-electron chi connectivity index (χ2n) is 5.57. The van der Waals surface area contributed by atoms with Crippen molar-refractivity contribution in [3.63, 3.8) is 0 Å². The van der Waals surface area contributed by atoms with Crippen LogP contribution in [-0.4, -0.2) is 49.7 Å². The van der Waals surface area contributed by atoms with Gasteiger partial charge in [-0.05, 0) is 12.8 Å². The highest BCUT2D eigenvalue weighted by Gasteiger charge is 2.32. The van der Waals surface area contributed by atoms with Crippen LogP contribution in [0.4, 0.5) is 5.82 Å². The third kappa shape index (κ3) is 4.74. The molecule has 1 unspecified atom stereocenters. The molecule has 0 amide bonds. The number of aromatic nitrogens is 4. The van der Waals surface area contributed by atoms with Crippen LogP contribution in [0.1, 0.15) is 26.0 Å². The van der Waals surface area contributed by atoms with Gasteiger partial charge in [0.15, 0.2) is 16.6 Å². The van der Waals surface area contributed by atoms with Crippen LogP contribution in [0.25, 0.3) is 11.2 Å². The van der Waals surface area contributed by atoms with Gasteiger partial charge in [-0.25, -0.2) is 15.0 Å². The van der Waals surface area contributed by atoms with Crippen molar-refractivity contribution in [2.45, 2.75) is 32.1 Å². The quantitative estimate of drug-likeness (QED) is 0.519. The van der Waals surface area contributed by atoms with E-state index >= 15 is 0 Å². The molecule has 2 N–H and O–H groups in total. The van der Waals surface area contributed by atoms with Crippen molar-refractivity contribution in [3.8, 4) is 0 Å². The lowest BCUT2D eigenvalue weighted by atomic mass is 10.2. The number of nitrogen functional groups attached to an aromatic ring is 1. The first-order valence-corrected chi connectivity index (χ1v) is 10.1. The molecule has 0 aromatic carbocycles. The summed E-state index contributed by atoms with van der Waals surface area (Å²) in [5.74, 6) is 0.768. The molecule has 10 nitrogen and oxygen atoms in total. The second-order valence-corrected chi connectivity index (χ2v) is 7.80. The van der Waals surface area contributed by atoms with Crippen LogP contribution < -0.4 is 5.73 Å². The van der Waals surface area contributed by atoms with Crippen molar-refractivity contribution < 1.29 is 23.1 Å². The predicted molar refractivity (Wildman–Crippen MR) is 95.5 cm³/mol. The molecule has 26 heavy (non-hydrogen) atoms. The van der Waals surface area contributed by atoms with Crippen molar-refractivity contribution in [3.05, 3.63) is 12.7 Å². The van der Waals surface area contributed by atoms with E-state index in [0.29, 0.717) is 22.7 Å². The number of ether oxygens (including phenoxy) is 1. The molecule has 1 fully saturated rings. The number of anilines is 1. The van der Waals surface area contributed by atoms with E-state index < -0.39 is 8.25 Å². The number of rotatable bonds is 8. The fourth-order valence-corrected chi connectivity index (χ4v) is 3.75. The number of hydrogen-bond donors (Lipinski definition) is 1. The summed E-state index contributed by atoms with van der Waals surface area (Å²) in [6.45, 7) is 1.82. The summed E-state index contributed by atoms with van der Waals surface area (Å²) >= 11 is 1.12. The standard InChI is InChI=1S/C14H19N5O5PS/c1-9(20)26-5-4-22-25(21)23-6-10-2-3-11(24-10)19-8-18-12-13(15)16-7-17-14(12)19/h7-8,10-11H,2-6H2,1H3,(H2,15,16,17)/q+1/t10-,11+/m1/s1. The first kappa shape index (κ1) is 19.1. The van der Waals surface area contributed by atoms with Crippen molar-refractivity contribution in [2.24, 2.45) is 0 Å². The van der Waals surface area contributed by atoms with E-state index in [0.717, 1.165) is 24.6 Å². The Balaban J connectivity index is 1.46. The van der Waals surface area contributed by atoms with E-state index in [-0.39, 0.29) is 30.7 Å². The van der Waals surface area contributed by atoms with Crippen molar-refractivity contribution in [1.29, 1.82) is 0 Å². The summed E-state index contributed by atoms with van der Waals surface area (Å²) in [4.78, 5) is 23.1. The zero-order chi connectivity index (χ0) is 18.5. The number of carbonyl (C=O) groups is 1. The van der Waals surface area contributed by atoms with Crippen LogP contribution in [-0.2, 0) is 23.1 Å². The normalized spacial score (nSPS) is 20.6. The van der Waals surface area contributed by atoms with Gasteiger partial charge in [-0.1, -0.05) is 11.8 Å². The number of fused-ring (bicyclic) bond motifs is 1. The Morgan fingerprint density at radius 1 is 1.42 bits per heavy atom. The Bertz CT molecular complexity index is 803. The molecule has 2 aromatic rings. The summed E-state index contributed by atoms with van der Waals surface area (Å²) in [7, 11) is -2.23. The highest BCUT2D eigenvalue weighted by Crippen LogP contribution is 2.33. The molecule has 2 aromatic heterocycles. The number of carbonyl (C=O) groups excluding carboxylic acids is 1. The number of thioether (sulfide) groups is 1. The second kappa shape index (κ2) is 8.83. The van der Waals surface area contributed by atoms with Crippen LogP contribution in [0.2, 0.25) is 0 Å². The number of nitrogens with two attached hydrogens (primary N) is 1. The van der Waals surface area contributed by atoms with E-state index in [1.165, 1.54) is 13.3 Å². The highest BCUT2D eigenvalue weighted by molar-refractivity contribution is 8.13. The van der Waals surface area contributed by atoms with Gasteiger partial charge in [0.1, 0.15) is 31.3 Å². The van der Waals surface area contributed by atoms with Gasteiger partial charge in [-0.3, -0.25) is 9.36 Å². The van der Waals surface area contributed by atoms with Crippen molar-refractivity contribution in [1.82, 2.24) is 19.5 Å². The minimum absolute atomic E-state index is 0.00537. The summed E-state index contributed by atoms with van der Waals surface area (Å²) < 4.78 is 29.6. The highest BCUT2D eigenvalue weighted by atomic mass is 32.2. The van der Waals surface area contributed by atoms with Crippen molar-refractivity contribution in [2.75, 3.05) is 24.7 Å². The van der Waals surface area contributed by atoms with E-state index in [1.54, 1.807) is 6.33 Å². The first-order valence-electron chi connectivity index (χ1n) is 7.99. The molecule has 0 saturated carbocycles. The minimum atomic E-state index is -2.23. The maximum absolute atomic E-state index is 11.7. The zero-order valence-electron chi connectivity index (χ0n) is 14.1. The maximum Gasteiger partial charge on any atom is 0.697 e. The number of nitrogens with zero attached hydrogens (tertiary/aromatic N) is 4. The van der Waals surface area contributed by atoms with Gasteiger partial charge in [-0.15, -0.1) is 9.05 Å². The van der Waals surface area contributed by atoms with Gasteiger partial charge in [0.25, 0.3) is 0 Å². The van der Waals surface area contributed by atoms with Crippen LogP contribution in [0.3, 0.4) is 0 Å². The zero-order valence-corrected chi connectivity index (χ0v) is 15.8. The molecule has 3 atom stereocenters. The van der Waals surface area contributed by atoms with Crippen LogP contribution in [0.15, 0.2) is 12.7 Å². The minimum Gasteiger partial charge on any atom is -0.382 e. The van der Waals surface area contributed by atoms with E-state index in [9.17, 15) is 9.36 Å². The van der Waals surface area contributed by atoms with E-state index in [1.807, 2.05) is 4.57 Å². The van der Waals surface area contributed by atoms with Gasteiger partial charge < -0.3 is 10.5 Å². The number of imidazole rings is 1. The van der Waals surface area contributed by atoms with Crippen molar-refractivity contribution >= 4 is 42.1 Å². The molecule has 0 radical (unpaired) electrons. The molecule has 0 aliphatic carbocycles. The topological polar surface area (TPSA) is 131 Å². The predicted octanol–water partition coefficient (Wildman–Crippen LogP) is 2.06. The molecule has 1 aliphatic rings. The lowest BCUT2D eigenvalue weighted by Gasteiger charge is -2.13. The molecule has 1 aliphatic heterocycles. The summed E-state index contributed by atoms with van der Waals surface area (Å²) in [5.41, 5.74) is 6.94. The molecule has 0 bridgehead atoms. The Hall–Kier alpha value is -1.65. The summed E-state index contributed by atoms with van der Waals surface area (Å²) in [6.07, 6.45) is 4.06. The number of hydrogen-bond acceptors (Lipinski definition) is 10. The average Bonchev–Trinajstić information content (AvgIpc) is 3.24. The Labute approximate surface area is 154 Å². The maximum atomic E-state index is 11.7. The smallest absolute Gasteiger partial charge is 0.382 e. The molecule has 12 heteroatoms. The Morgan fingerprint density at radius 2 is 2.27 bits per heavy atom. The molecule has 0 spiro atoms. The van der Waals surface area contributed by atoms with Gasteiger partial charge in [-0.2, -0.15) is 0 Å². The molecule has 140 valence electrons. The molecule has 3 rings (SSSR count). The van der Waals surface area contributed by atoms with Gasteiger partial charge in [0.2, 0.25) is 0 Å². The molecular formula is C14H19N5O5PS+. The fourth-order valence-electron chi connectivity index (χ4n) is 2.57. The lowest BCUT2D eigenvalue weighted by molar-refractivity contribution is -0.109. The SMILES string of the molecule is CC(=O)SCCO[P+](=O)OC[C@H]1CC[C@@H](n2cnc3c(N)ncnc32)O1.